The number of amides is 2. The highest BCUT2D eigenvalue weighted by Crippen LogP contribution is 2.23. The van der Waals surface area contributed by atoms with Gasteiger partial charge in [0.1, 0.15) is 5.00 Å². The number of rotatable bonds is 5. The van der Waals surface area contributed by atoms with Crippen LogP contribution in [0.4, 0.5) is 5.00 Å². The molecule has 0 aromatic carbocycles. The monoisotopic (exact) mass is 310 g/mol. The summed E-state index contributed by atoms with van der Waals surface area (Å²) in [6, 6.07) is 1.63. The van der Waals surface area contributed by atoms with Gasteiger partial charge in [-0.2, -0.15) is 0 Å². The molecule has 1 aromatic heterocycles. The van der Waals surface area contributed by atoms with Crippen molar-refractivity contribution in [3.63, 3.8) is 0 Å². The highest BCUT2D eigenvalue weighted by atomic mass is 32.1. The lowest BCUT2D eigenvalue weighted by molar-refractivity contribution is -0.117. The molecule has 0 radical (unpaired) electrons. The number of nitrogens with zero attached hydrogens (tertiary/aromatic N) is 1. The molecule has 21 heavy (non-hydrogen) atoms. The van der Waals surface area contributed by atoms with Gasteiger partial charge < -0.3 is 16.4 Å². The number of primary amides is 1. The van der Waals surface area contributed by atoms with E-state index in [0.29, 0.717) is 17.1 Å². The first-order chi connectivity index (χ1) is 9.93. The number of carbonyl (C=O) groups excluding carboxylic acids is 2. The molecule has 0 spiro atoms. The molecule has 7 heteroatoms. The van der Waals surface area contributed by atoms with Crippen molar-refractivity contribution in [2.75, 3.05) is 32.0 Å². The van der Waals surface area contributed by atoms with Crippen LogP contribution in [0, 0.1) is 0 Å². The van der Waals surface area contributed by atoms with Gasteiger partial charge in [0.05, 0.1) is 12.1 Å². The van der Waals surface area contributed by atoms with Crippen LogP contribution in [0.1, 0.15) is 30.1 Å². The minimum absolute atomic E-state index is 0.104. The summed E-state index contributed by atoms with van der Waals surface area (Å²) in [7, 11) is 1.98. The van der Waals surface area contributed by atoms with Gasteiger partial charge in [0.2, 0.25) is 5.91 Å². The van der Waals surface area contributed by atoms with Crippen LogP contribution >= 0.6 is 11.3 Å². The van der Waals surface area contributed by atoms with Gasteiger partial charge in [-0.25, -0.2) is 0 Å². The Labute approximate surface area is 128 Å². The molecule has 0 aliphatic carbocycles. The number of piperidine rings is 1. The van der Waals surface area contributed by atoms with E-state index < -0.39 is 5.91 Å². The van der Waals surface area contributed by atoms with Crippen LogP contribution in [0.5, 0.6) is 0 Å². The number of likely N-dealkylation sites (tertiary alicyclic amines) is 1. The smallest absolute Gasteiger partial charge is 0.251 e. The lowest BCUT2D eigenvalue weighted by atomic mass is 9.90. The van der Waals surface area contributed by atoms with E-state index in [-0.39, 0.29) is 11.4 Å². The highest BCUT2D eigenvalue weighted by molar-refractivity contribution is 7.14. The number of hydrogen-bond acceptors (Lipinski definition) is 5. The Hall–Kier alpha value is -1.44. The maximum absolute atomic E-state index is 12.1. The summed E-state index contributed by atoms with van der Waals surface area (Å²) in [5, 5.41) is 8.39. The molecule has 1 saturated heterocycles. The second-order valence-corrected chi connectivity index (χ2v) is 6.58. The second kappa shape index (κ2) is 6.55. The third-order valence-electron chi connectivity index (χ3n) is 4.11. The molecule has 2 heterocycles. The SMILES string of the molecule is CNC1(C)CCN(CC(=O)Nc2sccc2C(N)=O)CC1. The van der Waals surface area contributed by atoms with E-state index in [1.54, 1.807) is 11.4 Å². The number of nitrogens with two attached hydrogens (primary N) is 1. The van der Waals surface area contributed by atoms with Gasteiger partial charge in [-0.15, -0.1) is 11.3 Å². The summed E-state index contributed by atoms with van der Waals surface area (Å²) in [5.74, 6) is -0.623. The maximum Gasteiger partial charge on any atom is 0.251 e. The molecule has 1 aliphatic heterocycles. The lowest BCUT2D eigenvalue weighted by Gasteiger charge is -2.38. The van der Waals surface area contributed by atoms with Crippen molar-refractivity contribution in [1.29, 1.82) is 0 Å². The number of anilines is 1. The maximum atomic E-state index is 12.1. The third-order valence-corrected chi connectivity index (χ3v) is 4.94. The average Bonchev–Trinajstić information content (AvgIpc) is 2.90. The van der Waals surface area contributed by atoms with Crippen molar-refractivity contribution in [3.05, 3.63) is 17.0 Å². The minimum Gasteiger partial charge on any atom is -0.366 e. The predicted molar refractivity (Wildman–Crippen MR) is 84.6 cm³/mol. The van der Waals surface area contributed by atoms with Crippen LogP contribution < -0.4 is 16.4 Å². The van der Waals surface area contributed by atoms with Crippen LogP contribution in [0.25, 0.3) is 0 Å². The molecule has 2 amide bonds. The van der Waals surface area contributed by atoms with Crippen LogP contribution in [0.3, 0.4) is 0 Å². The number of thiophene rings is 1. The van der Waals surface area contributed by atoms with E-state index in [4.69, 9.17) is 5.73 Å². The Kier molecular flexibility index (Phi) is 4.97. The molecule has 0 saturated carbocycles. The molecule has 116 valence electrons. The molecule has 0 unspecified atom stereocenters. The molecular weight excluding hydrogens is 288 g/mol. The molecule has 2 rings (SSSR count). The van der Waals surface area contributed by atoms with Gasteiger partial charge in [0, 0.05) is 18.6 Å². The van der Waals surface area contributed by atoms with E-state index in [9.17, 15) is 9.59 Å². The summed E-state index contributed by atoms with van der Waals surface area (Å²) in [6.45, 7) is 4.32. The molecule has 1 fully saturated rings. The van der Waals surface area contributed by atoms with Gasteiger partial charge in [-0.05, 0) is 38.3 Å². The van der Waals surface area contributed by atoms with Crippen molar-refractivity contribution >= 4 is 28.2 Å². The Morgan fingerprint density at radius 3 is 2.67 bits per heavy atom. The van der Waals surface area contributed by atoms with Gasteiger partial charge in [-0.1, -0.05) is 0 Å². The number of carbonyl (C=O) groups is 2. The van der Waals surface area contributed by atoms with Crippen LogP contribution in [-0.2, 0) is 4.79 Å². The van der Waals surface area contributed by atoms with Crippen LogP contribution in [0.2, 0.25) is 0 Å². The summed E-state index contributed by atoms with van der Waals surface area (Å²) in [4.78, 5) is 25.4. The molecule has 0 atom stereocenters. The first-order valence-corrected chi connectivity index (χ1v) is 7.90. The normalized spacial score (nSPS) is 18.4. The molecule has 0 bridgehead atoms. The predicted octanol–water partition coefficient (Wildman–Crippen LogP) is 0.859. The van der Waals surface area contributed by atoms with E-state index in [1.165, 1.54) is 11.3 Å². The molecular formula is C14H22N4O2S. The van der Waals surface area contributed by atoms with Gasteiger partial charge >= 0.3 is 0 Å². The van der Waals surface area contributed by atoms with Gasteiger partial charge in [-0.3, -0.25) is 14.5 Å². The zero-order valence-electron chi connectivity index (χ0n) is 12.4. The fourth-order valence-corrected chi connectivity index (χ4v) is 3.23. The minimum atomic E-state index is -0.519. The summed E-state index contributed by atoms with van der Waals surface area (Å²) in [5.41, 5.74) is 5.80. The Bertz CT molecular complexity index is 521. The Balaban J connectivity index is 1.86. The third kappa shape index (κ3) is 4.03. The quantitative estimate of drug-likeness (QED) is 0.753. The largest absolute Gasteiger partial charge is 0.366 e. The summed E-state index contributed by atoms with van der Waals surface area (Å²) in [6.07, 6.45) is 2.03. The molecule has 1 aromatic rings. The lowest BCUT2D eigenvalue weighted by Crippen LogP contribution is -2.51. The van der Waals surface area contributed by atoms with Crippen molar-refractivity contribution < 1.29 is 9.59 Å². The number of hydrogen-bond donors (Lipinski definition) is 3. The second-order valence-electron chi connectivity index (χ2n) is 5.66. The zero-order valence-corrected chi connectivity index (χ0v) is 13.3. The fraction of sp³-hybridized carbons (Fsp3) is 0.571. The molecule has 6 nitrogen and oxygen atoms in total. The van der Waals surface area contributed by atoms with Crippen molar-refractivity contribution in [2.45, 2.75) is 25.3 Å². The summed E-state index contributed by atoms with van der Waals surface area (Å²) >= 11 is 1.31. The van der Waals surface area contributed by atoms with Gasteiger partial charge in [0.15, 0.2) is 0 Å². The Morgan fingerprint density at radius 1 is 1.43 bits per heavy atom. The van der Waals surface area contributed by atoms with Crippen molar-refractivity contribution in [2.24, 2.45) is 5.73 Å². The van der Waals surface area contributed by atoms with Crippen molar-refractivity contribution in [1.82, 2.24) is 10.2 Å². The first-order valence-electron chi connectivity index (χ1n) is 7.02. The standard InChI is InChI=1S/C14H22N4O2S/c1-14(16-2)4-6-18(7-5-14)9-11(19)17-13-10(12(15)20)3-8-21-13/h3,8,16H,4-7,9H2,1-2H3,(H2,15,20)(H,17,19). The van der Waals surface area contributed by atoms with E-state index in [0.717, 1.165) is 25.9 Å². The van der Waals surface area contributed by atoms with Gasteiger partial charge in [0.25, 0.3) is 5.91 Å². The fourth-order valence-electron chi connectivity index (χ4n) is 2.42. The summed E-state index contributed by atoms with van der Waals surface area (Å²) < 4.78 is 0. The zero-order chi connectivity index (χ0) is 15.5. The van der Waals surface area contributed by atoms with Crippen LogP contribution in [0.15, 0.2) is 11.4 Å². The molecule has 4 N–H and O–H groups in total. The van der Waals surface area contributed by atoms with E-state index in [2.05, 4.69) is 22.5 Å². The number of nitrogens with one attached hydrogen (secondary N) is 2. The Morgan fingerprint density at radius 2 is 2.10 bits per heavy atom. The molecule has 1 aliphatic rings. The van der Waals surface area contributed by atoms with Crippen LogP contribution in [-0.4, -0.2) is 48.9 Å². The highest BCUT2D eigenvalue weighted by Gasteiger charge is 2.29. The van der Waals surface area contributed by atoms with E-state index in [1.807, 2.05) is 7.05 Å². The average molecular weight is 310 g/mol. The van der Waals surface area contributed by atoms with Crippen molar-refractivity contribution in [3.8, 4) is 0 Å². The topological polar surface area (TPSA) is 87.5 Å². The first kappa shape index (κ1) is 15.9. The van der Waals surface area contributed by atoms with E-state index >= 15 is 0 Å².